The molecular weight excluding hydrogens is 258 g/mol. The van der Waals surface area contributed by atoms with Gasteiger partial charge in [0, 0.05) is 13.1 Å². The summed E-state index contributed by atoms with van der Waals surface area (Å²) < 4.78 is 3.40. The third-order valence-electron chi connectivity index (χ3n) is 3.16. The topological polar surface area (TPSA) is 84.7 Å². The van der Waals surface area contributed by atoms with E-state index >= 15 is 0 Å². The molecule has 0 amide bonds. The van der Waals surface area contributed by atoms with Gasteiger partial charge in [-0.1, -0.05) is 13.8 Å². The van der Waals surface area contributed by atoms with Gasteiger partial charge in [0.15, 0.2) is 11.2 Å². The summed E-state index contributed by atoms with van der Waals surface area (Å²) in [6, 6.07) is 0. The van der Waals surface area contributed by atoms with Gasteiger partial charge in [0.2, 0.25) is 0 Å². The summed E-state index contributed by atoms with van der Waals surface area (Å²) in [6.45, 7) is 7.72. The average molecular weight is 279 g/mol. The van der Waals surface area contributed by atoms with Crippen molar-refractivity contribution in [3.05, 3.63) is 26.7 Å². The van der Waals surface area contributed by atoms with Gasteiger partial charge in [-0.15, -0.1) is 0 Å². The first-order valence-electron chi connectivity index (χ1n) is 6.86. The lowest BCUT2D eigenvalue weighted by Crippen LogP contribution is -2.32. The highest BCUT2D eigenvalue weighted by Crippen LogP contribution is 2.12. The molecule has 2 rings (SSSR count). The Morgan fingerprint density at radius 3 is 2.55 bits per heavy atom. The smallest absolute Gasteiger partial charge is 0.321 e. The Kier molecular flexibility index (Phi) is 4.08. The van der Waals surface area contributed by atoms with E-state index in [0.29, 0.717) is 36.7 Å². The van der Waals surface area contributed by atoms with Crippen LogP contribution in [0.25, 0.3) is 11.2 Å². The Balaban J connectivity index is 2.81. The van der Waals surface area contributed by atoms with Crippen molar-refractivity contribution in [3.63, 3.8) is 0 Å². The van der Waals surface area contributed by atoms with Crippen LogP contribution in [0.5, 0.6) is 0 Å². The van der Waals surface area contributed by atoms with Gasteiger partial charge in [0.1, 0.15) is 5.82 Å². The fourth-order valence-corrected chi connectivity index (χ4v) is 2.39. The van der Waals surface area contributed by atoms with Crippen molar-refractivity contribution in [1.82, 2.24) is 24.4 Å². The lowest BCUT2D eigenvalue weighted by atomic mass is 10.2. The molecule has 0 aromatic carbocycles. The number of aromatic amines is 1. The second-order valence-electron chi connectivity index (χ2n) is 5.24. The Morgan fingerprint density at radius 2 is 2.00 bits per heavy atom. The van der Waals surface area contributed by atoms with E-state index in [9.17, 15) is 9.59 Å². The van der Waals surface area contributed by atoms with E-state index in [-0.39, 0.29) is 5.56 Å². The highest BCUT2D eigenvalue weighted by molar-refractivity contribution is 5.70. The molecule has 0 saturated carbocycles. The van der Waals surface area contributed by atoms with Crippen molar-refractivity contribution in [2.75, 3.05) is 7.05 Å². The molecular formula is C13H21N5O2. The molecule has 0 radical (unpaired) electrons. The quantitative estimate of drug-likeness (QED) is 0.823. The highest BCUT2D eigenvalue weighted by Gasteiger charge is 2.17. The fourth-order valence-electron chi connectivity index (χ4n) is 2.39. The summed E-state index contributed by atoms with van der Waals surface area (Å²) in [7, 11) is 1.82. The molecule has 2 heterocycles. The molecule has 20 heavy (non-hydrogen) atoms. The van der Waals surface area contributed by atoms with E-state index in [1.54, 1.807) is 4.57 Å². The minimum absolute atomic E-state index is 0.293. The number of H-pyrrole nitrogens is 1. The molecule has 0 fully saturated rings. The summed E-state index contributed by atoms with van der Waals surface area (Å²) in [5.74, 6) is 1.06. The zero-order valence-electron chi connectivity index (χ0n) is 12.4. The van der Waals surface area contributed by atoms with E-state index < -0.39 is 5.69 Å². The molecule has 0 saturated heterocycles. The number of hydrogen-bond acceptors (Lipinski definition) is 4. The van der Waals surface area contributed by atoms with E-state index in [1.165, 1.54) is 0 Å². The number of nitrogens with zero attached hydrogens (tertiary/aromatic N) is 3. The molecule has 2 aromatic heterocycles. The fraction of sp³-hybridized carbons (Fsp3) is 0.615. The number of aryl methyl sites for hydroxylation is 1. The maximum absolute atomic E-state index is 12.1. The van der Waals surface area contributed by atoms with Crippen LogP contribution in [-0.4, -0.2) is 26.1 Å². The second-order valence-corrected chi connectivity index (χ2v) is 5.24. The first-order valence-corrected chi connectivity index (χ1v) is 6.86. The van der Waals surface area contributed by atoms with Crippen LogP contribution in [0.3, 0.4) is 0 Å². The lowest BCUT2D eigenvalue weighted by molar-refractivity contribution is 0.513. The Morgan fingerprint density at radius 1 is 1.30 bits per heavy atom. The number of fused-ring (bicyclic) bond motifs is 1. The summed E-state index contributed by atoms with van der Waals surface area (Å²) >= 11 is 0. The van der Waals surface area contributed by atoms with E-state index in [4.69, 9.17) is 0 Å². The zero-order valence-corrected chi connectivity index (χ0v) is 12.4. The predicted octanol–water partition coefficient (Wildman–Crippen LogP) is 0.282. The normalized spacial score (nSPS) is 11.7. The maximum atomic E-state index is 12.1. The van der Waals surface area contributed by atoms with Gasteiger partial charge in [-0.05, 0) is 19.9 Å². The molecule has 7 nitrogen and oxygen atoms in total. The van der Waals surface area contributed by atoms with Crippen molar-refractivity contribution < 1.29 is 0 Å². The van der Waals surface area contributed by atoms with Gasteiger partial charge in [0.25, 0.3) is 5.56 Å². The number of rotatable bonds is 5. The van der Waals surface area contributed by atoms with Gasteiger partial charge < -0.3 is 9.88 Å². The molecule has 0 atom stereocenters. The Hall–Kier alpha value is -1.89. The third kappa shape index (κ3) is 2.40. The molecule has 0 aliphatic rings. The van der Waals surface area contributed by atoms with E-state index in [1.807, 2.05) is 32.4 Å². The van der Waals surface area contributed by atoms with Gasteiger partial charge in [-0.2, -0.15) is 0 Å². The predicted molar refractivity (Wildman–Crippen MR) is 77.9 cm³/mol. The molecule has 7 heteroatoms. The Bertz CT molecular complexity index is 723. The van der Waals surface area contributed by atoms with Crippen LogP contribution in [0.1, 0.15) is 26.6 Å². The van der Waals surface area contributed by atoms with Crippen LogP contribution in [0.4, 0.5) is 0 Å². The monoisotopic (exact) mass is 279 g/mol. The van der Waals surface area contributed by atoms with Crippen LogP contribution in [0, 0.1) is 5.92 Å². The van der Waals surface area contributed by atoms with Crippen LogP contribution in [0.2, 0.25) is 0 Å². The van der Waals surface area contributed by atoms with Crippen molar-refractivity contribution in [2.45, 2.75) is 40.4 Å². The van der Waals surface area contributed by atoms with Gasteiger partial charge >= 0.3 is 5.69 Å². The van der Waals surface area contributed by atoms with Gasteiger partial charge in [-0.25, -0.2) is 9.78 Å². The standard InChI is InChI=1S/C13H21N5O2/c1-5-17-9(6-14-4)15-11-10(17)12(19)16-13(20)18(11)7-8(2)3/h8,14H,5-7H2,1-4H3,(H,16,19,20). The molecule has 0 bridgehead atoms. The van der Waals surface area contributed by atoms with Crippen molar-refractivity contribution in [3.8, 4) is 0 Å². The Labute approximate surface area is 116 Å². The van der Waals surface area contributed by atoms with Crippen molar-refractivity contribution in [1.29, 1.82) is 0 Å². The molecule has 0 unspecified atom stereocenters. The first-order chi connectivity index (χ1) is 9.49. The largest absolute Gasteiger partial charge is 0.330 e. The van der Waals surface area contributed by atoms with Crippen LogP contribution < -0.4 is 16.6 Å². The minimum Gasteiger partial charge on any atom is -0.321 e. The van der Waals surface area contributed by atoms with Gasteiger partial charge in [0.05, 0.1) is 6.54 Å². The highest BCUT2D eigenvalue weighted by atomic mass is 16.2. The second kappa shape index (κ2) is 5.62. The van der Waals surface area contributed by atoms with Gasteiger partial charge in [-0.3, -0.25) is 14.3 Å². The van der Waals surface area contributed by atoms with Crippen LogP contribution >= 0.6 is 0 Å². The van der Waals surface area contributed by atoms with E-state index in [2.05, 4.69) is 15.3 Å². The zero-order chi connectivity index (χ0) is 14.9. The van der Waals surface area contributed by atoms with E-state index in [0.717, 1.165) is 5.82 Å². The maximum Gasteiger partial charge on any atom is 0.330 e. The lowest BCUT2D eigenvalue weighted by Gasteiger charge is -2.08. The summed E-state index contributed by atoms with van der Waals surface area (Å²) in [5, 5.41) is 3.03. The van der Waals surface area contributed by atoms with Crippen LogP contribution in [0.15, 0.2) is 9.59 Å². The third-order valence-corrected chi connectivity index (χ3v) is 3.16. The average Bonchev–Trinajstić information content (AvgIpc) is 2.73. The molecule has 0 spiro atoms. The summed E-state index contributed by atoms with van der Waals surface area (Å²) in [4.78, 5) is 31.0. The number of hydrogen-bond donors (Lipinski definition) is 2. The van der Waals surface area contributed by atoms with Crippen LogP contribution in [-0.2, 0) is 19.6 Å². The minimum atomic E-state index is -0.395. The first kappa shape index (κ1) is 14.5. The van der Waals surface area contributed by atoms with Crippen molar-refractivity contribution >= 4 is 11.2 Å². The SMILES string of the molecule is CCn1c(CNC)nc2c1c(=O)[nH]c(=O)n2CC(C)C. The summed E-state index contributed by atoms with van der Waals surface area (Å²) in [6.07, 6.45) is 0. The van der Waals surface area contributed by atoms with Crippen molar-refractivity contribution in [2.24, 2.45) is 5.92 Å². The molecule has 0 aliphatic heterocycles. The molecule has 2 N–H and O–H groups in total. The molecule has 110 valence electrons. The summed E-state index contributed by atoms with van der Waals surface area (Å²) in [5.41, 5.74) is 0.173. The molecule has 2 aromatic rings. The number of imidazole rings is 1. The number of nitrogens with one attached hydrogen (secondary N) is 2. The molecule has 0 aliphatic carbocycles. The number of aromatic nitrogens is 4.